The van der Waals surface area contributed by atoms with E-state index in [1.54, 1.807) is 12.1 Å². The Hall–Kier alpha value is -2.59. The van der Waals surface area contributed by atoms with Gasteiger partial charge in [0.15, 0.2) is 0 Å². The smallest absolute Gasteiger partial charge is 0.248 e. The molecule has 0 aliphatic rings. The lowest BCUT2D eigenvalue weighted by Crippen LogP contribution is -2.34. The number of hydrogen-bond donors (Lipinski definition) is 3. The molecule has 3 aromatic rings. The molecule has 0 bridgehead atoms. The minimum absolute atomic E-state index is 0.256. The number of carbonyl (C=O) groups excluding carboxylic acids is 1. The van der Waals surface area contributed by atoms with Gasteiger partial charge in [0.25, 0.3) is 0 Å². The molecular formula is C19H21N3O. The van der Waals surface area contributed by atoms with E-state index in [1.807, 2.05) is 38.2 Å². The summed E-state index contributed by atoms with van der Waals surface area (Å²) in [4.78, 5) is 14.6. The monoisotopic (exact) mass is 307 g/mol. The molecule has 3 rings (SSSR count). The van der Waals surface area contributed by atoms with Gasteiger partial charge in [-0.25, -0.2) is 0 Å². The number of nitrogens with two attached hydrogens (primary N) is 2. The summed E-state index contributed by atoms with van der Waals surface area (Å²) in [5.74, 6) is -0.415. The predicted molar refractivity (Wildman–Crippen MR) is 94.2 cm³/mol. The van der Waals surface area contributed by atoms with Crippen molar-refractivity contribution >= 4 is 16.8 Å². The van der Waals surface area contributed by atoms with Gasteiger partial charge in [0.05, 0.1) is 5.52 Å². The van der Waals surface area contributed by atoms with Crippen molar-refractivity contribution < 1.29 is 4.79 Å². The number of rotatable bonds is 4. The van der Waals surface area contributed by atoms with Gasteiger partial charge < -0.3 is 16.5 Å². The minimum atomic E-state index is -0.415. The fourth-order valence-corrected chi connectivity index (χ4v) is 2.90. The summed E-state index contributed by atoms with van der Waals surface area (Å²) in [6, 6.07) is 13.6. The summed E-state index contributed by atoms with van der Waals surface area (Å²) in [7, 11) is 0. The number of aromatic nitrogens is 1. The van der Waals surface area contributed by atoms with Crippen LogP contribution in [0.4, 0.5) is 0 Å². The first-order valence-electron chi connectivity index (χ1n) is 7.63. The summed E-state index contributed by atoms with van der Waals surface area (Å²) in [6.07, 6.45) is 2.83. The average Bonchev–Trinajstić information content (AvgIpc) is 2.88. The Balaban J connectivity index is 2.06. The Bertz CT molecular complexity index is 854. The van der Waals surface area contributed by atoms with E-state index < -0.39 is 5.91 Å². The predicted octanol–water partition coefficient (Wildman–Crippen LogP) is 3.21. The summed E-state index contributed by atoms with van der Waals surface area (Å²) in [5, 5.41) is 1.18. The van der Waals surface area contributed by atoms with E-state index in [4.69, 9.17) is 11.5 Å². The van der Waals surface area contributed by atoms with Crippen LogP contribution >= 0.6 is 0 Å². The number of H-pyrrole nitrogens is 1. The molecule has 0 aliphatic carbocycles. The van der Waals surface area contributed by atoms with Crippen LogP contribution in [-0.2, 0) is 6.42 Å². The Morgan fingerprint density at radius 1 is 1.13 bits per heavy atom. The molecule has 1 aromatic heterocycles. The quantitative estimate of drug-likeness (QED) is 0.691. The maximum absolute atomic E-state index is 11.2. The van der Waals surface area contributed by atoms with Gasteiger partial charge in [-0.3, -0.25) is 4.79 Å². The molecule has 118 valence electrons. The number of fused-ring (bicyclic) bond motifs is 1. The molecule has 0 spiro atoms. The number of primary amides is 1. The zero-order valence-corrected chi connectivity index (χ0v) is 13.4. The van der Waals surface area contributed by atoms with Crippen LogP contribution in [0.25, 0.3) is 22.0 Å². The van der Waals surface area contributed by atoms with Crippen LogP contribution in [0.1, 0.15) is 29.8 Å². The molecule has 4 nitrogen and oxygen atoms in total. The van der Waals surface area contributed by atoms with Gasteiger partial charge in [0, 0.05) is 28.2 Å². The van der Waals surface area contributed by atoms with Crippen LogP contribution in [0.3, 0.4) is 0 Å². The third-order valence-electron chi connectivity index (χ3n) is 3.93. The number of para-hydroxylation sites is 1. The van der Waals surface area contributed by atoms with E-state index in [2.05, 4.69) is 17.1 Å². The van der Waals surface area contributed by atoms with Gasteiger partial charge in [0.1, 0.15) is 0 Å². The van der Waals surface area contributed by atoms with Crippen molar-refractivity contribution in [1.82, 2.24) is 4.98 Å². The number of hydrogen-bond acceptors (Lipinski definition) is 2. The standard InChI is InChI=1S/C19H21N3O/c1-19(2,21)10-14-11-22-17-15(4-3-5-16(14)17)12-6-8-13(9-7-12)18(20)23/h3-9,11,22H,10,21H2,1-2H3,(H2,20,23). The second kappa shape index (κ2) is 5.56. The summed E-state index contributed by atoms with van der Waals surface area (Å²) < 4.78 is 0. The van der Waals surface area contributed by atoms with Crippen LogP contribution < -0.4 is 11.5 Å². The summed E-state index contributed by atoms with van der Waals surface area (Å²) in [6.45, 7) is 4.05. The highest BCUT2D eigenvalue weighted by Crippen LogP contribution is 2.31. The van der Waals surface area contributed by atoms with E-state index in [9.17, 15) is 4.79 Å². The average molecular weight is 307 g/mol. The van der Waals surface area contributed by atoms with Crippen molar-refractivity contribution in [2.75, 3.05) is 0 Å². The van der Waals surface area contributed by atoms with Crippen LogP contribution in [-0.4, -0.2) is 16.4 Å². The zero-order valence-electron chi connectivity index (χ0n) is 13.4. The van der Waals surface area contributed by atoms with Crippen molar-refractivity contribution in [3.05, 3.63) is 59.8 Å². The third-order valence-corrected chi connectivity index (χ3v) is 3.93. The van der Waals surface area contributed by atoms with Gasteiger partial charge in [-0.1, -0.05) is 30.3 Å². The molecule has 0 aliphatic heterocycles. The molecular weight excluding hydrogens is 286 g/mol. The van der Waals surface area contributed by atoms with Gasteiger partial charge in [0.2, 0.25) is 5.91 Å². The molecule has 1 heterocycles. The molecule has 0 atom stereocenters. The van der Waals surface area contributed by atoms with Crippen molar-refractivity contribution in [2.24, 2.45) is 11.5 Å². The number of aromatic amines is 1. The first-order valence-corrected chi connectivity index (χ1v) is 7.63. The zero-order chi connectivity index (χ0) is 16.6. The number of benzene rings is 2. The van der Waals surface area contributed by atoms with Crippen molar-refractivity contribution in [3.8, 4) is 11.1 Å². The largest absolute Gasteiger partial charge is 0.366 e. The van der Waals surface area contributed by atoms with Crippen molar-refractivity contribution in [1.29, 1.82) is 0 Å². The SMILES string of the molecule is CC(C)(N)Cc1c[nH]c2c(-c3ccc(C(N)=O)cc3)cccc12. The van der Waals surface area contributed by atoms with Gasteiger partial charge in [-0.2, -0.15) is 0 Å². The highest BCUT2D eigenvalue weighted by Gasteiger charge is 2.16. The molecule has 4 heteroatoms. The highest BCUT2D eigenvalue weighted by atomic mass is 16.1. The molecule has 0 unspecified atom stereocenters. The molecule has 0 saturated carbocycles. The van der Waals surface area contributed by atoms with Gasteiger partial charge in [-0.15, -0.1) is 0 Å². The molecule has 23 heavy (non-hydrogen) atoms. The second-order valence-corrected chi connectivity index (χ2v) is 6.65. The fraction of sp³-hybridized carbons (Fsp3) is 0.211. The number of amides is 1. The molecule has 1 amide bonds. The Morgan fingerprint density at radius 2 is 1.83 bits per heavy atom. The van der Waals surface area contributed by atoms with E-state index in [1.165, 1.54) is 10.9 Å². The van der Waals surface area contributed by atoms with Crippen LogP contribution in [0, 0.1) is 0 Å². The van der Waals surface area contributed by atoms with E-state index >= 15 is 0 Å². The third kappa shape index (κ3) is 3.12. The topological polar surface area (TPSA) is 84.9 Å². The maximum atomic E-state index is 11.2. The number of carbonyl (C=O) groups is 1. The van der Waals surface area contributed by atoms with E-state index in [-0.39, 0.29) is 5.54 Å². The van der Waals surface area contributed by atoms with Gasteiger partial charge in [-0.05, 0) is 43.5 Å². The minimum Gasteiger partial charge on any atom is -0.366 e. The molecule has 2 aromatic carbocycles. The first-order chi connectivity index (χ1) is 10.8. The fourth-order valence-electron chi connectivity index (χ4n) is 2.90. The van der Waals surface area contributed by atoms with Crippen LogP contribution in [0.2, 0.25) is 0 Å². The maximum Gasteiger partial charge on any atom is 0.248 e. The Morgan fingerprint density at radius 3 is 2.43 bits per heavy atom. The lowest BCUT2D eigenvalue weighted by atomic mass is 9.94. The summed E-state index contributed by atoms with van der Waals surface area (Å²) >= 11 is 0. The van der Waals surface area contributed by atoms with Crippen molar-refractivity contribution in [3.63, 3.8) is 0 Å². The molecule has 0 radical (unpaired) electrons. The normalized spacial score (nSPS) is 11.8. The van der Waals surface area contributed by atoms with Crippen LogP contribution in [0.5, 0.6) is 0 Å². The first kappa shape index (κ1) is 15.3. The lowest BCUT2D eigenvalue weighted by Gasteiger charge is -2.17. The lowest BCUT2D eigenvalue weighted by molar-refractivity contribution is 0.100. The molecule has 0 saturated heterocycles. The molecule has 5 N–H and O–H groups in total. The van der Waals surface area contributed by atoms with Crippen LogP contribution in [0.15, 0.2) is 48.7 Å². The Labute approximate surface area is 135 Å². The number of nitrogens with one attached hydrogen (secondary N) is 1. The summed E-state index contributed by atoms with van der Waals surface area (Å²) in [5.41, 5.74) is 16.1. The second-order valence-electron chi connectivity index (χ2n) is 6.65. The molecule has 0 fully saturated rings. The highest BCUT2D eigenvalue weighted by molar-refractivity contribution is 5.97. The van der Waals surface area contributed by atoms with E-state index in [0.717, 1.165) is 23.1 Å². The van der Waals surface area contributed by atoms with Crippen molar-refractivity contribution in [2.45, 2.75) is 25.8 Å². The van der Waals surface area contributed by atoms with Gasteiger partial charge >= 0.3 is 0 Å². The van der Waals surface area contributed by atoms with E-state index in [0.29, 0.717) is 5.56 Å². The Kier molecular flexibility index (Phi) is 3.70.